The Labute approximate surface area is 835 Å². The molecule has 6 N–H and O–H groups in total. The molecule has 1 aliphatic carbocycles. The number of carbonyl (C=O) groups excluding carboxylic acids is 8. The summed E-state index contributed by atoms with van der Waals surface area (Å²) in [7, 11) is 0. The van der Waals surface area contributed by atoms with E-state index in [0.29, 0.717) is 138 Å². The van der Waals surface area contributed by atoms with Crippen LogP contribution in [-0.2, 0) is 46.7 Å². The maximum absolute atomic E-state index is 15.2. The van der Waals surface area contributed by atoms with Crippen LogP contribution in [0.1, 0.15) is 116 Å². The number of carboxylic acids is 1. The van der Waals surface area contributed by atoms with Crippen LogP contribution in [0.15, 0.2) is 276 Å². The minimum absolute atomic E-state index is 0.0117. The second-order valence-electron chi connectivity index (χ2n) is 36.7. The van der Waals surface area contributed by atoms with Gasteiger partial charge in [0.15, 0.2) is 0 Å². The summed E-state index contributed by atoms with van der Waals surface area (Å²) in [4.78, 5) is 152. The van der Waals surface area contributed by atoms with Crippen LogP contribution in [0.25, 0.3) is 43.8 Å². The largest absolute Gasteiger partial charge is 0.481 e. The van der Waals surface area contributed by atoms with Gasteiger partial charge in [-0.05, 0) is 179 Å². The Bertz CT molecular complexity index is 6680. The van der Waals surface area contributed by atoms with Gasteiger partial charge in [-0.2, -0.15) is 0 Å². The van der Waals surface area contributed by atoms with Gasteiger partial charge in [0, 0.05) is 196 Å². The number of likely N-dealkylation sites (tertiary alicyclic amines) is 4. The normalized spacial score (nSPS) is 20.6. The van der Waals surface area contributed by atoms with E-state index in [9.17, 15) is 38.7 Å². The summed E-state index contributed by atoms with van der Waals surface area (Å²) in [5.41, 5.74) is 11.5. The summed E-state index contributed by atoms with van der Waals surface area (Å²) in [5, 5.41) is 19.8. The van der Waals surface area contributed by atoms with Gasteiger partial charge in [-0.3, -0.25) is 33.6 Å². The highest BCUT2D eigenvalue weighted by Crippen LogP contribution is 2.60. The molecule has 10 amide bonds. The van der Waals surface area contributed by atoms with Crippen LogP contribution in [0.5, 0.6) is 11.5 Å². The summed E-state index contributed by atoms with van der Waals surface area (Å²) in [6, 6.07) is 76.9. The third-order valence-corrected chi connectivity index (χ3v) is 32.4. The lowest BCUT2D eigenvalue weighted by atomic mass is 9.89. The second kappa shape index (κ2) is 42.2. The van der Waals surface area contributed by atoms with Gasteiger partial charge in [-0.15, -0.1) is 35.3 Å². The number of hydrogen-bond donors (Lipinski definition) is 6. The number of fused-ring (bicyclic) bond motifs is 3. The average Bonchev–Trinajstić information content (AvgIpc) is 1.57. The number of urea groups is 2. The number of carbonyl (C=O) groups is 9. The number of nitrogens with zero attached hydrogens (tertiary/aromatic N) is 8. The Morgan fingerprint density at radius 2 is 0.734 bits per heavy atom. The lowest BCUT2D eigenvalue weighted by Gasteiger charge is -2.42. The number of aromatic amines is 3. The smallest absolute Gasteiger partial charge is 0.317 e. The number of carboxylic acid groups (broad SMARTS) is 1. The molecule has 716 valence electrons. The first-order chi connectivity index (χ1) is 67.3. The van der Waals surface area contributed by atoms with E-state index in [4.69, 9.17) is 39.5 Å². The fraction of sp³-hybridized carbons (Fsp3) is 0.312. The molecule has 1 saturated carbocycles. The number of para-hydroxylation sites is 1. The second-order valence-corrected chi connectivity index (χ2v) is 42.3. The van der Waals surface area contributed by atoms with Gasteiger partial charge in [-0.1, -0.05) is 192 Å². The SMILES string of the molecule is CCNC(=O)N1CCN(C(=O)C2(Sc3ccc(C)cc3)CC(=O)N(Cc3ccc(-c4ccccc4)cc3)C2c2c[nH]c3cc(Cl)ccc23)CC1.CCNC(=O)N1CCN(C(=O)C2(Sc3ccc(C)cc3)CC(=O)N(Cc3ccc(Oc4ccccc4)cc3)C2c2c[nH]c3cc(Cl)ccc23)CC1.O=C(O)C1CCN(C(=O)C2(Sc3ccccc3)CC(=O)N(CC3CC3)C2c2c[nH]c3cc(Cl)ccc23)CC1. The fourth-order valence-corrected chi connectivity index (χ4v) is 25.2. The number of aryl methyl sites for hydroxylation is 2. The number of ether oxygens (including phenoxy) is 1. The van der Waals surface area contributed by atoms with Crippen LogP contribution in [0.2, 0.25) is 15.1 Å². The zero-order chi connectivity index (χ0) is 96.8. The van der Waals surface area contributed by atoms with E-state index < -0.39 is 44.3 Å². The number of hydrogen-bond acceptors (Lipinski definition) is 13. The molecule has 6 unspecified atom stereocenters. The van der Waals surface area contributed by atoms with E-state index >= 15 is 9.59 Å². The van der Waals surface area contributed by atoms with E-state index in [-0.39, 0.29) is 66.8 Å². The maximum atomic E-state index is 15.2. The lowest BCUT2D eigenvalue weighted by Crippen LogP contribution is -2.58. The van der Waals surface area contributed by atoms with Gasteiger partial charge in [0.05, 0.1) is 43.3 Å². The van der Waals surface area contributed by atoms with Gasteiger partial charge in [0.25, 0.3) is 0 Å². The molecule has 6 aliphatic heterocycles. The molecule has 20 rings (SSSR count). The van der Waals surface area contributed by atoms with Crippen molar-refractivity contribution in [2.45, 2.75) is 133 Å². The predicted octanol–water partition coefficient (Wildman–Crippen LogP) is 20.8. The molecular weight excluding hydrogens is 1870 g/mol. The van der Waals surface area contributed by atoms with Gasteiger partial charge in [-0.25, -0.2) is 9.59 Å². The predicted molar refractivity (Wildman–Crippen MR) is 548 cm³/mol. The van der Waals surface area contributed by atoms with E-state index in [1.165, 1.54) is 35.3 Å². The number of aliphatic carboxylic acids is 1. The Morgan fingerprint density at radius 3 is 1.12 bits per heavy atom. The van der Waals surface area contributed by atoms with Gasteiger partial charge < -0.3 is 74.6 Å². The minimum atomic E-state index is -1.20. The van der Waals surface area contributed by atoms with E-state index in [1.54, 1.807) is 14.7 Å². The topological polar surface area (TPSA) is 280 Å². The summed E-state index contributed by atoms with van der Waals surface area (Å²) in [6.07, 6.45) is 8.95. The summed E-state index contributed by atoms with van der Waals surface area (Å²) in [5.74, 6) is 0.132. The number of aromatic nitrogens is 3. The molecule has 0 bridgehead atoms. The monoisotopic (exact) mass is 1980 g/mol. The molecule has 6 saturated heterocycles. The lowest BCUT2D eigenvalue weighted by molar-refractivity contribution is -0.146. The first kappa shape index (κ1) is 96.6. The van der Waals surface area contributed by atoms with Crippen molar-refractivity contribution in [3.8, 4) is 22.6 Å². The van der Waals surface area contributed by atoms with Crippen LogP contribution in [0.3, 0.4) is 0 Å². The van der Waals surface area contributed by atoms with E-state index in [0.717, 1.165) is 116 Å². The van der Waals surface area contributed by atoms with Crippen LogP contribution in [0.4, 0.5) is 9.59 Å². The first-order valence-electron chi connectivity index (χ1n) is 47.4. The van der Waals surface area contributed by atoms with Crippen molar-refractivity contribution in [1.29, 1.82) is 0 Å². The highest BCUT2D eigenvalue weighted by molar-refractivity contribution is 8.02. The van der Waals surface area contributed by atoms with Crippen molar-refractivity contribution in [3.05, 3.63) is 315 Å². The number of H-pyrrole nitrogens is 3. The van der Waals surface area contributed by atoms with Gasteiger partial charge >= 0.3 is 18.0 Å². The zero-order valence-corrected chi connectivity index (χ0v) is 82.5. The third-order valence-electron chi connectivity index (χ3n) is 27.5. The molecule has 24 nitrogen and oxygen atoms in total. The Kier molecular flexibility index (Phi) is 29.3. The van der Waals surface area contributed by atoms with Gasteiger partial charge in [0.1, 0.15) is 25.7 Å². The number of piperidine rings is 1. The molecule has 0 radical (unpaired) electrons. The van der Waals surface area contributed by atoms with Crippen molar-refractivity contribution in [3.63, 3.8) is 0 Å². The fourth-order valence-electron chi connectivity index (χ4n) is 20.2. The number of piperazine rings is 2. The Balaban J connectivity index is 0.000000140. The molecule has 6 atom stereocenters. The standard InChI is InChI=1S/C40H40ClN5O4S.C40H40ClN5O3S.C29H30ClN3O4S/c1-3-42-39(49)45-21-19-44(20-22-45)38(48)40(51-32-16-9-27(2)10-17-32)24-36(47)46(37(40)34-25-43-35-23-29(41)13-18-33(34)35)26-28-11-14-31(15-12-28)50-30-7-5-4-6-8-30;1-3-42-39(49)45-21-19-44(20-22-45)38(48)40(50-32-16-9-27(2)10-17-32)24-36(47)46(37(40)34-25-43-35-23-31(41)15-18-33(34)35)26-28-11-13-30(14-12-28)29-7-5-4-6-8-29;30-20-8-9-22-23(16-31-24(22)14-20)26-29(38-21-4-2-1-3-5-21,15-25(34)33(26)17-18-6-7-18)28(37)32-12-10-19(11-13-32)27(35)36/h4-18,23,25,37,43H,3,19-22,24,26H2,1-2H3,(H,42,49);4-18,23,25,37,43H,3,19-22,24,26H2,1-2H3,(H,42,49);1-5,8-9,14,16,18-19,26,31H,6-7,10-13,15,17H2,(H,35,36). The third kappa shape index (κ3) is 20.9. The van der Waals surface area contributed by atoms with Crippen molar-refractivity contribution in [2.24, 2.45) is 11.8 Å². The number of thioether (sulfide) groups is 3. The first-order valence-corrected chi connectivity index (χ1v) is 51.0. The number of benzene rings is 10. The Morgan fingerprint density at radius 1 is 0.396 bits per heavy atom. The van der Waals surface area contributed by atoms with Crippen LogP contribution in [0, 0.1) is 25.7 Å². The van der Waals surface area contributed by atoms with Crippen LogP contribution in [-0.4, -0.2) is 212 Å². The minimum Gasteiger partial charge on any atom is -0.481 e. The van der Waals surface area contributed by atoms with Gasteiger partial charge in [0.2, 0.25) is 35.4 Å². The van der Waals surface area contributed by atoms with E-state index in [1.807, 2.05) is 277 Å². The molecule has 3 aromatic heterocycles. The quantitative estimate of drug-likeness (QED) is 0.0328. The molecule has 30 heteroatoms. The number of rotatable bonds is 24. The summed E-state index contributed by atoms with van der Waals surface area (Å²) >= 11 is 23.5. The number of amides is 10. The molecule has 7 fully saturated rings. The van der Waals surface area contributed by atoms with E-state index in [2.05, 4.69) is 62.0 Å². The molecule has 13 aromatic rings. The molecule has 9 heterocycles. The highest BCUT2D eigenvalue weighted by atomic mass is 35.5. The molecule has 139 heavy (non-hydrogen) atoms. The Hall–Kier alpha value is -12.6. The highest BCUT2D eigenvalue weighted by Gasteiger charge is 2.64. The van der Waals surface area contributed by atoms with Crippen LogP contribution < -0.4 is 15.4 Å². The van der Waals surface area contributed by atoms with Crippen molar-refractivity contribution in [2.75, 3.05) is 85.1 Å². The summed E-state index contributed by atoms with van der Waals surface area (Å²) < 4.78 is 2.56. The van der Waals surface area contributed by atoms with Crippen molar-refractivity contribution < 1.29 is 53.0 Å². The summed E-state index contributed by atoms with van der Waals surface area (Å²) in [6.45, 7) is 14.1. The number of halogens is 3. The molecule has 7 aliphatic rings. The molecular formula is C109H110Cl3N13O11S3. The average molecular weight is 1980 g/mol. The van der Waals surface area contributed by atoms with Crippen molar-refractivity contribution in [1.82, 2.24) is 64.8 Å². The molecule has 0 spiro atoms. The maximum Gasteiger partial charge on any atom is 0.317 e. The molecule has 10 aromatic carbocycles. The zero-order valence-electron chi connectivity index (χ0n) is 77.7. The van der Waals surface area contributed by atoms with Crippen molar-refractivity contribution >= 4 is 156 Å². The van der Waals surface area contributed by atoms with Crippen LogP contribution >= 0.6 is 70.1 Å². The number of nitrogens with one attached hydrogen (secondary N) is 5.